The number of nitrogens with zero attached hydrogens (tertiary/aromatic N) is 1. The minimum absolute atomic E-state index is 0.414. The third-order valence-corrected chi connectivity index (χ3v) is 4.28. The zero-order chi connectivity index (χ0) is 12.3. The maximum atomic E-state index is 5.77. The molecule has 100 valence electrons. The maximum Gasteiger partial charge on any atom is 0.0674 e. The Bertz CT molecular complexity index is 234. The van der Waals surface area contributed by atoms with Crippen molar-refractivity contribution in [1.82, 2.24) is 10.2 Å². The summed E-state index contributed by atoms with van der Waals surface area (Å²) in [4.78, 5) is 2.68. The van der Waals surface area contributed by atoms with Gasteiger partial charge in [-0.3, -0.25) is 4.90 Å². The number of piperidine rings is 1. The lowest BCUT2D eigenvalue weighted by Gasteiger charge is -2.41. The largest absolute Gasteiger partial charge is 0.376 e. The molecule has 0 saturated carbocycles. The third kappa shape index (κ3) is 3.67. The highest BCUT2D eigenvalue weighted by Crippen LogP contribution is 2.22. The first-order chi connectivity index (χ1) is 8.19. The van der Waals surface area contributed by atoms with Crippen LogP contribution in [0.25, 0.3) is 0 Å². The van der Waals surface area contributed by atoms with Gasteiger partial charge in [0, 0.05) is 25.2 Å². The molecule has 0 radical (unpaired) electrons. The summed E-state index contributed by atoms with van der Waals surface area (Å²) in [5, 5.41) is 3.54. The molecule has 3 heteroatoms. The average Bonchev–Trinajstić information content (AvgIpc) is 2.29. The van der Waals surface area contributed by atoms with Gasteiger partial charge in [-0.25, -0.2) is 0 Å². The van der Waals surface area contributed by atoms with E-state index in [1.54, 1.807) is 0 Å². The molecule has 3 nitrogen and oxygen atoms in total. The van der Waals surface area contributed by atoms with Gasteiger partial charge in [0.05, 0.1) is 12.7 Å². The molecular weight excluding hydrogens is 212 g/mol. The minimum atomic E-state index is 0.414. The molecule has 2 fully saturated rings. The van der Waals surface area contributed by atoms with Gasteiger partial charge in [-0.05, 0) is 45.6 Å². The zero-order valence-electron chi connectivity index (χ0n) is 11.6. The fourth-order valence-corrected chi connectivity index (χ4v) is 3.24. The van der Waals surface area contributed by atoms with Gasteiger partial charge in [0.1, 0.15) is 0 Å². The highest BCUT2D eigenvalue weighted by atomic mass is 16.5. The molecule has 4 atom stereocenters. The van der Waals surface area contributed by atoms with Crippen LogP contribution in [0.4, 0.5) is 0 Å². The second kappa shape index (κ2) is 6.17. The van der Waals surface area contributed by atoms with Gasteiger partial charge < -0.3 is 10.1 Å². The van der Waals surface area contributed by atoms with Crippen LogP contribution >= 0.6 is 0 Å². The Kier molecular flexibility index (Phi) is 4.83. The van der Waals surface area contributed by atoms with Crippen LogP contribution in [-0.2, 0) is 4.74 Å². The Hall–Kier alpha value is -0.120. The SMILES string of the molecule is CCC1COC(C)CN1CC1CCNC(C)C1. The summed E-state index contributed by atoms with van der Waals surface area (Å²) in [6.07, 6.45) is 4.30. The van der Waals surface area contributed by atoms with Crippen LogP contribution in [0.2, 0.25) is 0 Å². The third-order valence-electron chi connectivity index (χ3n) is 4.28. The van der Waals surface area contributed by atoms with Crippen LogP contribution < -0.4 is 5.32 Å². The molecule has 4 unspecified atom stereocenters. The molecule has 0 aromatic heterocycles. The predicted molar refractivity (Wildman–Crippen MR) is 71.3 cm³/mol. The Morgan fingerprint density at radius 3 is 2.88 bits per heavy atom. The van der Waals surface area contributed by atoms with E-state index in [0.717, 1.165) is 19.1 Å². The smallest absolute Gasteiger partial charge is 0.0674 e. The fourth-order valence-electron chi connectivity index (χ4n) is 3.24. The van der Waals surface area contributed by atoms with Gasteiger partial charge in [-0.15, -0.1) is 0 Å². The van der Waals surface area contributed by atoms with Crippen molar-refractivity contribution in [3.63, 3.8) is 0 Å². The van der Waals surface area contributed by atoms with E-state index in [1.165, 1.54) is 32.4 Å². The zero-order valence-corrected chi connectivity index (χ0v) is 11.6. The van der Waals surface area contributed by atoms with Crippen LogP contribution in [0.5, 0.6) is 0 Å². The first kappa shape index (κ1) is 13.3. The van der Waals surface area contributed by atoms with E-state index in [9.17, 15) is 0 Å². The molecule has 0 amide bonds. The van der Waals surface area contributed by atoms with Crippen LogP contribution in [0.3, 0.4) is 0 Å². The van der Waals surface area contributed by atoms with Gasteiger partial charge in [0.15, 0.2) is 0 Å². The van der Waals surface area contributed by atoms with Crippen molar-refractivity contribution in [2.24, 2.45) is 5.92 Å². The van der Waals surface area contributed by atoms with Gasteiger partial charge >= 0.3 is 0 Å². The van der Waals surface area contributed by atoms with Crippen molar-refractivity contribution < 1.29 is 4.74 Å². The average molecular weight is 240 g/mol. The van der Waals surface area contributed by atoms with Gasteiger partial charge in [0.2, 0.25) is 0 Å². The molecule has 2 heterocycles. The molecule has 2 aliphatic rings. The number of hydrogen-bond donors (Lipinski definition) is 1. The highest BCUT2D eigenvalue weighted by Gasteiger charge is 2.28. The summed E-state index contributed by atoms with van der Waals surface area (Å²) >= 11 is 0. The first-order valence-corrected chi connectivity index (χ1v) is 7.28. The Morgan fingerprint density at radius 2 is 2.18 bits per heavy atom. The topological polar surface area (TPSA) is 24.5 Å². The summed E-state index contributed by atoms with van der Waals surface area (Å²) in [5.74, 6) is 0.880. The Morgan fingerprint density at radius 1 is 1.35 bits per heavy atom. The molecule has 0 bridgehead atoms. The normalized spacial score (nSPS) is 40.4. The van der Waals surface area contributed by atoms with Crippen molar-refractivity contribution in [3.05, 3.63) is 0 Å². The lowest BCUT2D eigenvalue weighted by molar-refractivity contribution is -0.0622. The van der Waals surface area contributed by atoms with Gasteiger partial charge in [-0.2, -0.15) is 0 Å². The number of rotatable bonds is 3. The van der Waals surface area contributed by atoms with Crippen molar-refractivity contribution in [2.75, 3.05) is 26.2 Å². The number of nitrogens with one attached hydrogen (secondary N) is 1. The number of ether oxygens (including phenoxy) is 1. The van der Waals surface area contributed by atoms with Crippen LogP contribution in [0, 0.1) is 5.92 Å². The van der Waals surface area contributed by atoms with Crippen LogP contribution in [0.1, 0.15) is 40.0 Å². The van der Waals surface area contributed by atoms with Gasteiger partial charge in [0.25, 0.3) is 0 Å². The first-order valence-electron chi connectivity index (χ1n) is 7.28. The second-order valence-electron chi connectivity index (χ2n) is 5.91. The lowest BCUT2D eigenvalue weighted by Crippen LogP contribution is -2.51. The number of morpholine rings is 1. The highest BCUT2D eigenvalue weighted by molar-refractivity contribution is 4.83. The fraction of sp³-hybridized carbons (Fsp3) is 1.00. The molecule has 0 aromatic rings. The molecular formula is C14H28N2O. The molecule has 2 aliphatic heterocycles. The van der Waals surface area contributed by atoms with E-state index in [0.29, 0.717) is 18.2 Å². The van der Waals surface area contributed by atoms with Crippen molar-refractivity contribution in [2.45, 2.75) is 58.2 Å². The van der Waals surface area contributed by atoms with Crippen molar-refractivity contribution in [1.29, 1.82) is 0 Å². The molecule has 17 heavy (non-hydrogen) atoms. The molecule has 1 N–H and O–H groups in total. The van der Waals surface area contributed by atoms with E-state index in [2.05, 4.69) is 31.0 Å². The summed E-state index contributed by atoms with van der Waals surface area (Å²) in [7, 11) is 0. The molecule has 0 aliphatic carbocycles. The van der Waals surface area contributed by atoms with E-state index in [1.807, 2.05) is 0 Å². The van der Waals surface area contributed by atoms with E-state index in [4.69, 9.17) is 4.74 Å². The molecule has 2 rings (SSSR count). The van der Waals surface area contributed by atoms with Crippen LogP contribution in [0.15, 0.2) is 0 Å². The monoisotopic (exact) mass is 240 g/mol. The van der Waals surface area contributed by atoms with E-state index in [-0.39, 0.29) is 0 Å². The Labute approximate surface area is 106 Å². The summed E-state index contributed by atoms with van der Waals surface area (Å²) in [6, 6.07) is 1.35. The summed E-state index contributed by atoms with van der Waals surface area (Å²) in [5.41, 5.74) is 0. The molecule has 0 aromatic carbocycles. The summed E-state index contributed by atoms with van der Waals surface area (Å²) < 4.78 is 5.77. The van der Waals surface area contributed by atoms with E-state index < -0.39 is 0 Å². The maximum absolute atomic E-state index is 5.77. The molecule has 0 spiro atoms. The number of hydrogen-bond acceptors (Lipinski definition) is 3. The second-order valence-corrected chi connectivity index (χ2v) is 5.91. The quantitative estimate of drug-likeness (QED) is 0.815. The Balaban J connectivity index is 1.86. The lowest BCUT2D eigenvalue weighted by atomic mass is 9.92. The van der Waals surface area contributed by atoms with Crippen molar-refractivity contribution >= 4 is 0 Å². The standard InChI is InChI=1S/C14H28N2O/c1-4-14-10-17-12(3)8-16(14)9-13-5-6-15-11(2)7-13/h11-15H,4-10H2,1-3H3. The molecule has 2 saturated heterocycles. The minimum Gasteiger partial charge on any atom is -0.376 e. The summed E-state index contributed by atoms with van der Waals surface area (Å²) in [6.45, 7) is 11.3. The van der Waals surface area contributed by atoms with Crippen molar-refractivity contribution in [3.8, 4) is 0 Å². The van der Waals surface area contributed by atoms with Gasteiger partial charge in [-0.1, -0.05) is 6.92 Å². The predicted octanol–water partition coefficient (Wildman–Crippen LogP) is 1.87. The van der Waals surface area contributed by atoms with Crippen LogP contribution in [-0.4, -0.2) is 49.3 Å². The van der Waals surface area contributed by atoms with E-state index >= 15 is 0 Å².